The molecule has 1 aliphatic heterocycles. The number of benzene rings is 1. The van der Waals surface area contributed by atoms with Crippen molar-refractivity contribution in [2.24, 2.45) is 5.92 Å². The highest BCUT2D eigenvalue weighted by Gasteiger charge is 2.32. The molecule has 2 atom stereocenters. The van der Waals surface area contributed by atoms with Crippen molar-refractivity contribution in [3.8, 4) is 0 Å². The molecule has 5 nitrogen and oxygen atoms in total. The average molecular weight is 336 g/mol. The number of β-amino-alcohol motifs (C(OH)–C–C–N with tert-alkyl or cyclic N) is 1. The third-order valence-electron chi connectivity index (χ3n) is 5.23. The van der Waals surface area contributed by atoms with Crippen molar-refractivity contribution < 1.29 is 5.11 Å². The van der Waals surface area contributed by atoms with Crippen molar-refractivity contribution in [3.63, 3.8) is 0 Å². The van der Waals surface area contributed by atoms with Gasteiger partial charge in [0.25, 0.3) is 0 Å². The van der Waals surface area contributed by atoms with Crippen molar-refractivity contribution >= 4 is 10.9 Å². The summed E-state index contributed by atoms with van der Waals surface area (Å²) in [6, 6.07) is 10.4. The normalized spacial score (nSPS) is 21.2. The summed E-state index contributed by atoms with van der Waals surface area (Å²) >= 11 is 0. The van der Waals surface area contributed by atoms with Gasteiger partial charge in [0, 0.05) is 42.8 Å². The summed E-state index contributed by atoms with van der Waals surface area (Å²) in [6.45, 7) is 6.61. The Morgan fingerprint density at radius 3 is 2.92 bits per heavy atom. The van der Waals surface area contributed by atoms with E-state index in [1.165, 1.54) is 16.5 Å². The van der Waals surface area contributed by atoms with Crippen LogP contribution in [-0.2, 0) is 13.0 Å². The SMILES string of the molecule is Cc1cc(C[C@@H]2CN(Cc3c(C)ccc4ncccc34)C[C@H]2O)n[nH]1. The van der Waals surface area contributed by atoms with Crippen LogP contribution in [0.5, 0.6) is 0 Å². The fourth-order valence-corrected chi connectivity index (χ4v) is 3.87. The van der Waals surface area contributed by atoms with E-state index in [4.69, 9.17) is 0 Å². The number of likely N-dealkylation sites (tertiary alicyclic amines) is 1. The van der Waals surface area contributed by atoms with E-state index >= 15 is 0 Å². The second kappa shape index (κ2) is 6.58. The lowest BCUT2D eigenvalue weighted by molar-refractivity contribution is 0.140. The molecule has 1 aliphatic rings. The molecule has 1 aromatic carbocycles. The molecule has 0 aliphatic carbocycles. The highest BCUT2D eigenvalue weighted by atomic mass is 16.3. The lowest BCUT2D eigenvalue weighted by atomic mass is 10.00. The molecule has 0 unspecified atom stereocenters. The highest BCUT2D eigenvalue weighted by molar-refractivity contribution is 5.83. The van der Waals surface area contributed by atoms with Gasteiger partial charge in [-0.1, -0.05) is 12.1 Å². The summed E-state index contributed by atoms with van der Waals surface area (Å²) in [4.78, 5) is 6.82. The summed E-state index contributed by atoms with van der Waals surface area (Å²) in [5.41, 5.74) is 5.73. The first-order chi connectivity index (χ1) is 12.1. The van der Waals surface area contributed by atoms with Crippen LogP contribution in [0.2, 0.25) is 0 Å². The topological polar surface area (TPSA) is 65.0 Å². The minimum absolute atomic E-state index is 0.233. The molecule has 130 valence electrons. The zero-order valence-electron chi connectivity index (χ0n) is 14.7. The molecule has 3 heterocycles. The molecule has 3 aromatic rings. The highest BCUT2D eigenvalue weighted by Crippen LogP contribution is 2.27. The standard InChI is InChI=1S/C20H24N4O/c1-13-5-6-19-17(4-3-7-21-19)18(13)11-24-10-15(20(25)12-24)9-16-8-14(2)22-23-16/h3-8,15,20,25H,9-12H2,1-2H3,(H,22,23)/t15-,20-/m1/s1. The molecule has 2 N–H and O–H groups in total. The van der Waals surface area contributed by atoms with Crippen LogP contribution in [0.1, 0.15) is 22.5 Å². The van der Waals surface area contributed by atoms with E-state index in [-0.39, 0.29) is 12.0 Å². The third-order valence-corrected chi connectivity index (χ3v) is 5.23. The Hall–Kier alpha value is -2.24. The molecule has 1 saturated heterocycles. The van der Waals surface area contributed by atoms with Gasteiger partial charge in [0.2, 0.25) is 0 Å². The zero-order valence-corrected chi connectivity index (χ0v) is 14.7. The molecule has 5 heteroatoms. The van der Waals surface area contributed by atoms with Crippen LogP contribution in [0.15, 0.2) is 36.5 Å². The average Bonchev–Trinajstić information content (AvgIpc) is 3.16. The fourth-order valence-electron chi connectivity index (χ4n) is 3.87. The molecule has 1 fully saturated rings. The molecular weight excluding hydrogens is 312 g/mol. The first-order valence-corrected chi connectivity index (χ1v) is 8.84. The van der Waals surface area contributed by atoms with E-state index in [1.54, 1.807) is 0 Å². The predicted molar refractivity (Wildman–Crippen MR) is 98.3 cm³/mol. The Labute approximate surface area is 147 Å². The van der Waals surface area contributed by atoms with Crippen LogP contribution in [0, 0.1) is 19.8 Å². The third kappa shape index (κ3) is 3.30. The number of aliphatic hydroxyl groups excluding tert-OH is 1. The Kier molecular flexibility index (Phi) is 4.27. The number of hydrogen-bond donors (Lipinski definition) is 2. The minimum Gasteiger partial charge on any atom is -0.391 e. The number of nitrogens with one attached hydrogen (secondary N) is 1. The van der Waals surface area contributed by atoms with Gasteiger partial charge in [0.15, 0.2) is 0 Å². The molecule has 25 heavy (non-hydrogen) atoms. The van der Waals surface area contributed by atoms with Crippen LogP contribution >= 0.6 is 0 Å². The molecule has 0 radical (unpaired) electrons. The zero-order chi connectivity index (χ0) is 17.4. The number of pyridine rings is 1. The second-order valence-electron chi connectivity index (χ2n) is 7.20. The number of aliphatic hydroxyl groups is 1. The second-order valence-corrected chi connectivity index (χ2v) is 7.20. The van der Waals surface area contributed by atoms with Crippen LogP contribution in [-0.4, -0.2) is 44.4 Å². The number of rotatable bonds is 4. The number of nitrogens with zero attached hydrogens (tertiary/aromatic N) is 3. The van der Waals surface area contributed by atoms with E-state index in [0.717, 1.165) is 36.4 Å². The van der Waals surface area contributed by atoms with Gasteiger partial charge in [0.05, 0.1) is 17.3 Å². The Bertz CT molecular complexity index is 888. The molecule has 0 saturated carbocycles. The van der Waals surface area contributed by atoms with Gasteiger partial charge < -0.3 is 5.11 Å². The molecular formula is C20H24N4O. The van der Waals surface area contributed by atoms with E-state index in [0.29, 0.717) is 6.54 Å². The Morgan fingerprint density at radius 1 is 1.24 bits per heavy atom. The first-order valence-electron chi connectivity index (χ1n) is 8.84. The van der Waals surface area contributed by atoms with Crippen LogP contribution in [0.3, 0.4) is 0 Å². The quantitative estimate of drug-likeness (QED) is 0.769. The summed E-state index contributed by atoms with van der Waals surface area (Å²) < 4.78 is 0. The number of aryl methyl sites for hydroxylation is 2. The van der Waals surface area contributed by atoms with Gasteiger partial charge in [-0.25, -0.2) is 0 Å². The van der Waals surface area contributed by atoms with Gasteiger partial charge >= 0.3 is 0 Å². The van der Waals surface area contributed by atoms with Gasteiger partial charge in [0.1, 0.15) is 0 Å². The number of H-pyrrole nitrogens is 1. The van der Waals surface area contributed by atoms with Gasteiger partial charge in [-0.3, -0.25) is 15.0 Å². The van der Waals surface area contributed by atoms with Gasteiger partial charge in [-0.15, -0.1) is 0 Å². The summed E-state index contributed by atoms with van der Waals surface area (Å²) in [6.07, 6.45) is 2.35. The smallest absolute Gasteiger partial charge is 0.0711 e. The fraction of sp³-hybridized carbons (Fsp3) is 0.400. The minimum atomic E-state index is -0.301. The summed E-state index contributed by atoms with van der Waals surface area (Å²) in [7, 11) is 0. The summed E-state index contributed by atoms with van der Waals surface area (Å²) in [5, 5.41) is 19.0. The van der Waals surface area contributed by atoms with Crippen molar-refractivity contribution in [1.82, 2.24) is 20.1 Å². The van der Waals surface area contributed by atoms with Crippen LogP contribution in [0.4, 0.5) is 0 Å². The lowest BCUT2D eigenvalue weighted by Crippen LogP contribution is -2.22. The van der Waals surface area contributed by atoms with E-state index in [1.807, 2.05) is 19.2 Å². The maximum atomic E-state index is 10.5. The molecule has 4 rings (SSSR count). The number of aromatic nitrogens is 3. The monoisotopic (exact) mass is 336 g/mol. The molecule has 0 amide bonds. The van der Waals surface area contributed by atoms with Gasteiger partial charge in [-0.2, -0.15) is 5.10 Å². The Morgan fingerprint density at radius 2 is 2.12 bits per heavy atom. The van der Waals surface area contributed by atoms with Gasteiger partial charge in [-0.05, 0) is 49.6 Å². The Balaban J connectivity index is 1.51. The largest absolute Gasteiger partial charge is 0.391 e. The van der Waals surface area contributed by atoms with Crippen LogP contribution < -0.4 is 0 Å². The van der Waals surface area contributed by atoms with Crippen molar-refractivity contribution in [3.05, 3.63) is 59.0 Å². The number of aromatic amines is 1. The lowest BCUT2D eigenvalue weighted by Gasteiger charge is -2.18. The van der Waals surface area contributed by atoms with Crippen molar-refractivity contribution in [2.45, 2.75) is 32.9 Å². The van der Waals surface area contributed by atoms with Crippen molar-refractivity contribution in [1.29, 1.82) is 0 Å². The van der Waals surface area contributed by atoms with E-state index in [2.05, 4.69) is 51.3 Å². The molecule has 2 aromatic heterocycles. The van der Waals surface area contributed by atoms with E-state index in [9.17, 15) is 5.11 Å². The van der Waals surface area contributed by atoms with Crippen molar-refractivity contribution in [2.75, 3.05) is 13.1 Å². The molecule has 0 bridgehead atoms. The first kappa shape index (κ1) is 16.2. The van der Waals surface area contributed by atoms with E-state index < -0.39 is 0 Å². The van der Waals surface area contributed by atoms with Crippen LogP contribution in [0.25, 0.3) is 10.9 Å². The number of fused-ring (bicyclic) bond motifs is 1. The predicted octanol–water partition coefficient (Wildman–Crippen LogP) is 2.61. The summed E-state index contributed by atoms with van der Waals surface area (Å²) in [5.74, 6) is 0.233. The maximum absolute atomic E-state index is 10.5. The number of hydrogen-bond acceptors (Lipinski definition) is 4. The molecule has 0 spiro atoms. The maximum Gasteiger partial charge on any atom is 0.0711 e.